The molecule has 0 aromatic rings. The van der Waals surface area contributed by atoms with Crippen molar-refractivity contribution >= 4 is 0 Å². The molecule has 0 amide bonds. The largest absolute Gasteiger partial charge is 0.390 e. The van der Waals surface area contributed by atoms with E-state index in [2.05, 4.69) is 0 Å². The van der Waals surface area contributed by atoms with Gasteiger partial charge < -0.3 is 38.3 Å². The van der Waals surface area contributed by atoms with Crippen LogP contribution in [0, 0.1) is 0 Å². The maximum atomic E-state index is 9.77. The van der Waals surface area contributed by atoms with Crippen molar-refractivity contribution in [1.82, 2.24) is 0 Å². The molecule has 8 nitrogen and oxygen atoms in total. The van der Waals surface area contributed by atoms with Crippen LogP contribution in [0.2, 0.25) is 0 Å². The van der Waals surface area contributed by atoms with Crippen molar-refractivity contribution in [3.8, 4) is 0 Å². The van der Waals surface area contributed by atoms with Gasteiger partial charge in [-0.1, -0.05) is 0 Å². The Morgan fingerprint density at radius 3 is 2.27 bits per heavy atom. The minimum absolute atomic E-state index is 0.240. The predicted octanol–water partition coefficient (Wildman–Crippen LogP) is 1.29. The first-order chi connectivity index (χ1) is 12.1. The molecular weight excluding hydrogens is 344 g/mol. The molecule has 26 heavy (non-hydrogen) atoms. The van der Waals surface area contributed by atoms with Gasteiger partial charge in [-0.25, -0.2) is 0 Å². The smallest absolute Gasteiger partial charge is 0.190 e. The third-order valence-electron chi connectivity index (χ3n) is 5.30. The second kappa shape index (κ2) is 6.63. The summed E-state index contributed by atoms with van der Waals surface area (Å²) in [4.78, 5) is 0. The van der Waals surface area contributed by atoms with Gasteiger partial charge in [-0.3, -0.25) is 0 Å². The number of aliphatic hydroxyl groups is 1. The van der Waals surface area contributed by atoms with Gasteiger partial charge in [0, 0.05) is 6.42 Å². The van der Waals surface area contributed by atoms with E-state index in [4.69, 9.17) is 33.2 Å². The Bertz CT molecular complexity index is 523. The Morgan fingerprint density at radius 1 is 0.885 bits per heavy atom. The van der Waals surface area contributed by atoms with Crippen molar-refractivity contribution in [3.63, 3.8) is 0 Å². The summed E-state index contributed by atoms with van der Waals surface area (Å²) in [6.45, 7) is 9.62. The third kappa shape index (κ3) is 3.66. The highest BCUT2D eigenvalue weighted by Gasteiger charge is 2.60. The number of rotatable bonds is 3. The highest BCUT2D eigenvalue weighted by atomic mass is 16.9. The number of hydrogen-bond donors (Lipinski definition) is 1. The highest BCUT2D eigenvalue weighted by molar-refractivity contribution is 5.00. The SMILES string of the molecule is C[C@@H]1O[C@H](OC[C@H]2O[C@@H]3OC(C)(C)O[C@@H]3[C@H]3OC(C)(C)O[C@H]32)CC[C@H]1O. The van der Waals surface area contributed by atoms with E-state index >= 15 is 0 Å². The van der Waals surface area contributed by atoms with E-state index in [1.54, 1.807) is 0 Å². The first-order valence-corrected chi connectivity index (χ1v) is 9.45. The van der Waals surface area contributed by atoms with Crippen molar-refractivity contribution in [3.05, 3.63) is 0 Å². The standard InChI is InChI=1S/C18H30O8/c1-9-10(19)6-7-12(21-9)20-8-11-13-14(24-17(2,3)23-13)15-16(22-11)26-18(4,5)25-15/h9-16,19H,6-8H2,1-5H3/t9-,10+,11+,12-,13-,14-,15+,16+/m0/s1. The van der Waals surface area contributed by atoms with Crippen molar-refractivity contribution in [2.75, 3.05) is 6.61 Å². The molecule has 0 aromatic heterocycles. The highest BCUT2D eigenvalue weighted by Crippen LogP contribution is 2.44. The fourth-order valence-corrected chi connectivity index (χ4v) is 4.09. The fourth-order valence-electron chi connectivity index (χ4n) is 4.09. The predicted molar refractivity (Wildman–Crippen MR) is 88.1 cm³/mol. The molecule has 0 unspecified atom stereocenters. The van der Waals surface area contributed by atoms with Crippen LogP contribution in [-0.4, -0.2) is 72.5 Å². The molecule has 0 spiro atoms. The van der Waals surface area contributed by atoms with E-state index in [9.17, 15) is 5.11 Å². The Kier molecular flexibility index (Phi) is 4.85. The lowest BCUT2D eigenvalue weighted by Crippen LogP contribution is -2.56. The zero-order chi connectivity index (χ0) is 18.7. The fraction of sp³-hybridized carbons (Fsp3) is 1.00. The first kappa shape index (κ1) is 19.0. The monoisotopic (exact) mass is 374 g/mol. The summed E-state index contributed by atoms with van der Waals surface area (Å²) in [5.74, 6) is -1.45. The zero-order valence-electron chi connectivity index (χ0n) is 16.0. The van der Waals surface area contributed by atoms with Crippen LogP contribution in [0.3, 0.4) is 0 Å². The average molecular weight is 374 g/mol. The topological polar surface area (TPSA) is 84.8 Å². The molecular formula is C18H30O8. The summed E-state index contributed by atoms with van der Waals surface area (Å²) in [6.07, 6.45) is -1.55. The molecule has 0 bridgehead atoms. The summed E-state index contributed by atoms with van der Waals surface area (Å²) in [7, 11) is 0. The van der Waals surface area contributed by atoms with Crippen molar-refractivity contribution in [1.29, 1.82) is 0 Å². The lowest BCUT2D eigenvalue weighted by Gasteiger charge is -2.38. The van der Waals surface area contributed by atoms with Crippen LogP contribution in [0.4, 0.5) is 0 Å². The third-order valence-corrected chi connectivity index (χ3v) is 5.30. The zero-order valence-corrected chi connectivity index (χ0v) is 16.0. The molecule has 4 heterocycles. The van der Waals surface area contributed by atoms with Crippen LogP contribution < -0.4 is 0 Å². The summed E-state index contributed by atoms with van der Waals surface area (Å²) >= 11 is 0. The molecule has 4 aliphatic rings. The van der Waals surface area contributed by atoms with E-state index in [1.807, 2.05) is 34.6 Å². The molecule has 4 aliphatic heterocycles. The van der Waals surface area contributed by atoms with Gasteiger partial charge in [0.1, 0.15) is 24.4 Å². The Hall–Kier alpha value is -0.320. The average Bonchev–Trinajstić information content (AvgIpc) is 3.02. The Balaban J connectivity index is 1.42. The Labute approximate surface area is 154 Å². The maximum absolute atomic E-state index is 9.77. The molecule has 0 saturated carbocycles. The second-order valence-corrected chi connectivity index (χ2v) is 8.46. The molecule has 1 N–H and O–H groups in total. The maximum Gasteiger partial charge on any atom is 0.190 e. The van der Waals surface area contributed by atoms with Crippen molar-refractivity contribution < 1.29 is 38.3 Å². The van der Waals surface area contributed by atoms with E-state index in [-0.39, 0.29) is 36.8 Å². The lowest BCUT2D eigenvalue weighted by atomic mass is 9.99. The number of ether oxygens (including phenoxy) is 7. The van der Waals surface area contributed by atoms with Gasteiger partial charge in [0.2, 0.25) is 0 Å². The molecule has 0 aliphatic carbocycles. The summed E-state index contributed by atoms with van der Waals surface area (Å²) in [5, 5.41) is 9.77. The van der Waals surface area contributed by atoms with Crippen LogP contribution in [0.25, 0.3) is 0 Å². The minimum Gasteiger partial charge on any atom is -0.390 e. The molecule has 4 rings (SSSR count). The number of aliphatic hydroxyl groups excluding tert-OH is 1. The summed E-state index contributed by atoms with van der Waals surface area (Å²) < 4.78 is 41.8. The molecule has 0 aromatic carbocycles. The molecule has 150 valence electrons. The second-order valence-electron chi connectivity index (χ2n) is 8.46. The van der Waals surface area contributed by atoms with Gasteiger partial charge in [-0.15, -0.1) is 0 Å². The van der Waals surface area contributed by atoms with Gasteiger partial charge in [0.15, 0.2) is 24.2 Å². The van der Waals surface area contributed by atoms with Gasteiger partial charge in [0.05, 0.1) is 18.8 Å². The molecule has 4 fully saturated rings. The molecule has 4 saturated heterocycles. The van der Waals surface area contributed by atoms with Crippen LogP contribution >= 0.6 is 0 Å². The molecule has 0 radical (unpaired) electrons. The van der Waals surface area contributed by atoms with Gasteiger partial charge >= 0.3 is 0 Å². The summed E-state index contributed by atoms with van der Waals surface area (Å²) in [6, 6.07) is 0. The van der Waals surface area contributed by atoms with Gasteiger partial charge in [-0.2, -0.15) is 0 Å². The van der Waals surface area contributed by atoms with Gasteiger partial charge in [0.25, 0.3) is 0 Å². The van der Waals surface area contributed by atoms with E-state index < -0.39 is 24.0 Å². The van der Waals surface area contributed by atoms with Crippen LogP contribution in [0.5, 0.6) is 0 Å². The number of fused-ring (bicyclic) bond motifs is 3. The van der Waals surface area contributed by atoms with E-state index in [0.717, 1.165) is 0 Å². The minimum atomic E-state index is -0.732. The molecule has 8 heteroatoms. The van der Waals surface area contributed by atoms with Crippen molar-refractivity contribution in [2.45, 2.75) is 108 Å². The normalized spacial score (nSPS) is 49.6. The van der Waals surface area contributed by atoms with Crippen molar-refractivity contribution in [2.24, 2.45) is 0 Å². The van der Waals surface area contributed by atoms with E-state index in [0.29, 0.717) is 19.4 Å². The summed E-state index contributed by atoms with van der Waals surface area (Å²) in [5.41, 5.74) is 0. The van der Waals surface area contributed by atoms with Gasteiger partial charge in [-0.05, 0) is 41.0 Å². The van der Waals surface area contributed by atoms with Crippen LogP contribution in [0.1, 0.15) is 47.5 Å². The Morgan fingerprint density at radius 2 is 1.54 bits per heavy atom. The molecule has 8 atom stereocenters. The lowest BCUT2D eigenvalue weighted by molar-refractivity contribution is -0.269. The van der Waals surface area contributed by atoms with Crippen LogP contribution in [-0.2, 0) is 33.2 Å². The first-order valence-electron chi connectivity index (χ1n) is 9.45. The quantitative estimate of drug-likeness (QED) is 0.791. The van der Waals surface area contributed by atoms with E-state index in [1.165, 1.54) is 0 Å². The van der Waals surface area contributed by atoms with Crippen LogP contribution in [0.15, 0.2) is 0 Å². The number of hydrogen-bond acceptors (Lipinski definition) is 8.